The first kappa shape index (κ1) is 8.26. The van der Waals surface area contributed by atoms with E-state index in [9.17, 15) is 4.39 Å². The molecular formula is C9H5ClFNO. The summed E-state index contributed by atoms with van der Waals surface area (Å²) in [4.78, 5) is 3.81. The Balaban J connectivity index is 2.89. The average molecular weight is 198 g/mol. The highest BCUT2D eigenvalue weighted by molar-refractivity contribution is 6.35. The number of pyridine rings is 1. The van der Waals surface area contributed by atoms with E-state index in [1.54, 1.807) is 6.07 Å². The van der Waals surface area contributed by atoms with Gasteiger partial charge in [0.05, 0.1) is 16.7 Å². The molecule has 0 saturated carbocycles. The van der Waals surface area contributed by atoms with Crippen molar-refractivity contribution in [3.63, 3.8) is 0 Å². The van der Waals surface area contributed by atoms with Crippen LogP contribution < -0.4 is 0 Å². The number of halogens is 2. The highest BCUT2D eigenvalue weighted by Gasteiger charge is 2.06. The van der Waals surface area contributed by atoms with Crippen molar-refractivity contribution in [3.05, 3.63) is 35.2 Å². The fourth-order valence-electron chi connectivity index (χ4n) is 1.12. The highest BCUT2D eigenvalue weighted by atomic mass is 35.5. The largest absolute Gasteiger partial charge is 0.508 e. The van der Waals surface area contributed by atoms with E-state index in [4.69, 9.17) is 16.7 Å². The lowest BCUT2D eigenvalue weighted by molar-refractivity contribution is 0.476. The Morgan fingerprint density at radius 3 is 2.92 bits per heavy atom. The number of hydrogen-bond donors (Lipinski definition) is 1. The normalized spacial score (nSPS) is 10.6. The molecule has 13 heavy (non-hydrogen) atoms. The molecule has 1 N–H and O–H groups in total. The number of rotatable bonds is 0. The number of phenols is 1. The van der Waals surface area contributed by atoms with E-state index in [1.165, 1.54) is 12.1 Å². The van der Waals surface area contributed by atoms with E-state index in [0.29, 0.717) is 10.9 Å². The van der Waals surface area contributed by atoms with Gasteiger partial charge in [-0.1, -0.05) is 11.6 Å². The van der Waals surface area contributed by atoms with E-state index >= 15 is 0 Å². The third kappa shape index (κ3) is 1.31. The molecule has 0 aliphatic rings. The van der Waals surface area contributed by atoms with Gasteiger partial charge in [-0.05, 0) is 18.2 Å². The van der Waals surface area contributed by atoms with Gasteiger partial charge in [-0.15, -0.1) is 0 Å². The Labute approximate surface area is 78.6 Å². The molecule has 2 aromatic rings. The summed E-state index contributed by atoms with van der Waals surface area (Å²) in [6.07, 6.45) is 1.06. The van der Waals surface area contributed by atoms with Crippen molar-refractivity contribution in [2.75, 3.05) is 0 Å². The van der Waals surface area contributed by atoms with Crippen LogP contribution in [0.1, 0.15) is 0 Å². The van der Waals surface area contributed by atoms with Crippen LogP contribution in [0.15, 0.2) is 24.4 Å². The second-order valence-electron chi connectivity index (χ2n) is 2.62. The van der Waals surface area contributed by atoms with Gasteiger partial charge in [0.15, 0.2) is 5.82 Å². The molecule has 0 aliphatic heterocycles. The summed E-state index contributed by atoms with van der Waals surface area (Å²) in [5.74, 6) is -0.540. The molecule has 0 unspecified atom stereocenters. The van der Waals surface area contributed by atoms with Gasteiger partial charge >= 0.3 is 0 Å². The average Bonchev–Trinajstić information content (AvgIpc) is 2.12. The van der Waals surface area contributed by atoms with Crippen LogP contribution in [-0.2, 0) is 0 Å². The van der Waals surface area contributed by atoms with Crippen molar-refractivity contribution in [1.29, 1.82) is 0 Å². The zero-order valence-electron chi connectivity index (χ0n) is 6.46. The Morgan fingerprint density at radius 1 is 1.38 bits per heavy atom. The number of fused-ring (bicyclic) bond motifs is 1. The van der Waals surface area contributed by atoms with Crippen molar-refractivity contribution in [2.45, 2.75) is 0 Å². The Bertz CT molecular complexity index is 467. The van der Waals surface area contributed by atoms with Crippen molar-refractivity contribution in [3.8, 4) is 5.75 Å². The van der Waals surface area contributed by atoms with E-state index in [1.807, 2.05) is 0 Å². The third-order valence-electron chi connectivity index (χ3n) is 1.74. The van der Waals surface area contributed by atoms with Gasteiger partial charge in [0.25, 0.3) is 0 Å². The van der Waals surface area contributed by atoms with Gasteiger partial charge in [0.2, 0.25) is 0 Å². The maximum Gasteiger partial charge on any atom is 0.160 e. The van der Waals surface area contributed by atoms with Crippen LogP contribution in [0.3, 0.4) is 0 Å². The Kier molecular flexibility index (Phi) is 1.81. The van der Waals surface area contributed by atoms with Crippen molar-refractivity contribution >= 4 is 22.5 Å². The second-order valence-corrected chi connectivity index (χ2v) is 3.00. The molecule has 1 heterocycles. The second kappa shape index (κ2) is 2.85. The lowest BCUT2D eigenvalue weighted by Crippen LogP contribution is -1.84. The maximum absolute atomic E-state index is 12.9. The molecule has 0 saturated heterocycles. The Hall–Kier alpha value is -1.35. The maximum atomic E-state index is 12.9. The first-order valence-electron chi connectivity index (χ1n) is 3.61. The number of aromatic hydroxyl groups is 1. The summed E-state index contributed by atoms with van der Waals surface area (Å²) < 4.78 is 12.9. The standard InChI is InChI=1S/C9H5ClFNO/c10-9-6-3-5(13)1-2-8(6)12-4-7(9)11/h1-4,13H. The minimum Gasteiger partial charge on any atom is -0.508 e. The lowest BCUT2D eigenvalue weighted by atomic mass is 10.2. The number of aromatic nitrogens is 1. The number of nitrogens with zero attached hydrogens (tertiary/aromatic N) is 1. The summed E-state index contributed by atoms with van der Waals surface area (Å²) in [5.41, 5.74) is 0.559. The molecular weight excluding hydrogens is 193 g/mol. The monoisotopic (exact) mass is 197 g/mol. The number of phenolic OH excluding ortho intramolecular Hbond substituents is 1. The molecule has 0 spiro atoms. The molecule has 0 fully saturated rings. The molecule has 0 bridgehead atoms. The van der Waals surface area contributed by atoms with Crippen LogP contribution in [0, 0.1) is 5.82 Å². The first-order chi connectivity index (χ1) is 6.18. The predicted molar refractivity (Wildman–Crippen MR) is 48.4 cm³/mol. The van der Waals surface area contributed by atoms with E-state index in [2.05, 4.69) is 4.98 Å². The van der Waals surface area contributed by atoms with Crippen LogP contribution in [0.25, 0.3) is 10.9 Å². The van der Waals surface area contributed by atoms with Crippen LogP contribution in [-0.4, -0.2) is 10.1 Å². The molecule has 2 nitrogen and oxygen atoms in total. The van der Waals surface area contributed by atoms with Gasteiger partial charge in [0.1, 0.15) is 5.75 Å². The van der Waals surface area contributed by atoms with Crippen molar-refractivity contribution in [1.82, 2.24) is 4.98 Å². The Morgan fingerprint density at radius 2 is 2.15 bits per heavy atom. The van der Waals surface area contributed by atoms with Gasteiger partial charge in [-0.25, -0.2) is 4.39 Å². The number of hydrogen-bond acceptors (Lipinski definition) is 2. The predicted octanol–water partition coefficient (Wildman–Crippen LogP) is 2.73. The molecule has 2 rings (SSSR count). The fraction of sp³-hybridized carbons (Fsp3) is 0. The summed E-state index contributed by atoms with van der Waals surface area (Å²) in [7, 11) is 0. The molecule has 0 amide bonds. The minimum atomic E-state index is -0.584. The molecule has 66 valence electrons. The first-order valence-corrected chi connectivity index (χ1v) is 3.99. The molecule has 1 aromatic carbocycles. The zero-order chi connectivity index (χ0) is 9.42. The summed E-state index contributed by atoms with van der Waals surface area (Å²) >= 11 is 5.67. The van der Waals surface area contributed by atoms with Gasteiger partial charge in [0, 0.05) is 5.39 Å². The van der Waals surface area contributed by atoms with E-state index in [-0.39, 0.29) is 10.8 Å². The van der Waals surface area contributed by atoms with Gasteiger partial charge in [-0.3, -0.25) is 4.98 Å². The minimum absolute atomic E-state index is 0.0131. The highest BCUT2D eigenvalue weighted by Crippen LogP contribution is 2.27. The quantitative estimate of drug-likeness (QED) is 0.705. The van der Waals surface area contributed by atoms with Gasteiger partial charge < -0.3 is 5.11 Å². The van der Waals surface area contributed by atoms with Crippen molar-refractivity contribution < 1.29 is 9.50 Å². The lowest BCUT2D eigenvalue weighted by Gasteiger charge is -2.00. The van der Waals surface area contributed by atoms with Crippen LogP contribution in [0.2, 0.25) is 5.02 Å². The smallest absolute Gasteiger partial charge is 0.160 e. The molecule has 0 aliphatic carbocycles. The topological polar surface area (TPSA) is 33.1 Å². The van der Waals surface area contributed by atoms with E-state index < -0.39 is 5.82 Å². The summed E-state index contributed by atoms with van der Waals surface area (Å²) in [6.45, 7) is 0. The van der Waals surface area contributed by atoms with E-state index in [0.717, 1.165) is 6.20 Å². The third-order valence-corrected chi connectivity index (χ3v) is 2.13. The fourth-order valence-corrected chi connectivity index (χ4v) is 1.32. The van der Waals surface area contributed by atoms with Crippen LogP contribution in [0.5, 0.6) is 5.75 Å². The SMILES string of the molecule is Oc1ccc2ncc(F)c(Cl)c2c1. The van der Waals surface area contributed by atoms with Crippen LogP contribution >= 0.6 is 11.6 Å². The summed E-state index contributed by atoms with van der Waals surface area (Å²) in [5, 5.41) is 9.54. The van der Waals surface area contributed by atoms with Gasteiger partial charge in [-0.2, -0.15) is 0 Å². The molecule has 0 atom stereocenters. The number of benzene rings is 1. The molecule has 1 aromatic heterocycles. The molecule has 0 radical (unpaired) electrons. The molecule has 4 heteroatoms. The zero-order valence-corrected chi connectivity index (χ0v) is 7.22. The van der Waals surface area contributed by atoms with Crippen LogP contribution in [0.4, 0.5) is 4.39 Å². The van der Waals surface area contributed by atoms with Crippen molar-refractivity contribution in [2.24, 2.45) is 0 Å². The summed E-state index contributed by atoms with van der Waals surface area (Å²) in [6, 6.07) is 4.44.